The Morgan fingerprint density at radius 2 is 1.92 bits per heavy atom. The minimum atomic E-state index is -0.329. The first-order valence-corrected chi connectivity index (χ1v) is 8.05. The molecule has 5 heteroatoms. The third-order valence-corrected chi connectivity index (χ3v) is 4.31. The molecule has 0 aliphatic heterocycles. The molecule has 0 spiro atoms. The molecule has 0 aromatic heterocycles. The van der Waals surface area contributed by atoms with Crippen LogP contribution < -0.4 is 15.8 Å². The molecule has 1 unspecified atom stereocenters. The summed E-state index contributed by atoms with van der Waals surface area (Å²) in [6.07, 6.45) is 1.01. The van der Waals surface area contributed by atoms with Crippen molar-refractivity contribution in [2.75, 3.05) is 0 Å². The molecular formula is C19H21FN2O2. The molecule has 1 aliphatic carbocycles. The number of carbonyl (C=O) groups excluding carboxylic acids is 1. The Kier molecular flexibility index (Phi) is 4.81. The van der Waals surface area contributed by atoms with Gasteiger partial charge in [-0.3, -0.25) is 4.79 Å². The van der Waals surface area contributed by atoms with Crippen molar-refractivity contribution in [3.8, 4) is 5.75 Å². The molecule has 24 heavy (non-hydrogen) atoms. The van der Waals surface area contributed by atoms with E-state index in [9.17, 15) is 9.18 Å². The van der Waals surface area contributed by atoms with Crippen LogP contribution in [-0.2, 0) is 11.4 Å². The third kappa shape index (κ3) is 4.11. The van der Waals surface area contributed by atoms with Crippen LogP contribution in [0.5, 0.6) is 5.75 Å². The quantitative estimate of drug-likeness (QED) is 0.821. The van der Waals surface area contributed by atoms with Crippen molar-refractivity contribution in [3.63, 3.8) is 0 Å². The highest BCUT2D eigenvalue weighted by molar-refractivity contribution is 5.79. The minimum absolute atomic E-state index is 0.249. The molecule has 2 aromatic rings. The Balaban J connectivity index is 1.51. The molecule has 1 amide bonds. The molecule has 2 aromatic carbocycles. The smallest absolute Gasteiger partial charge is 0.234 e. The van der Waals surface area contributed by atoms with Crippen LogP contribution in [0.25, 0.3) is 0 Å². The van der Waals surface area contributed by atoms with Crippen molar-refractivity contribution >= 4 is 5.91 Å². The summed E-state index contributed by atoms with van der Waals surface area (Å²) in [6.45, 7) is 2.19. The summed E-state index contributed by atoms with van der Waals surface area (Å²) in [5.74, 6) is 0.614. The Bertz CT molecular complexity index is 700. The maximum absolute atomic E-state index is 12.9. The number of amides is 1. The second-order valence-corrected chi connectivity index (χ2v) is 6.22. The van der Waals surface area contributed by atoms with Crippen LogP contribution in [0.1, 0.15) is 30.4 Å². The van der Waals surface area contributed by atoms with E-state index in [-0.39, 0.29) is 17.8 Å². The summed E-state index contributed by atoms with van der Waals surface area (Å²) < 4.78 is 18.6. The Morgan fingerprint density at radius 1 is 1.25 bits per heavy atom. The van der Waals surface area contributed by atoms with Gasteiger partial charge in [0.25, 0.3) is 0 Å². The van der Waals surface area contributed by atoms with Crippen LogP contribution in [-0.4, -0.2) is 18.0 Å². The van der Waals surface area contributed by atoms with Crippen LogP contribution >= 0.6 is 0 Å². The van der Waals surface area contributed by atoms with Crippen LogP contribution in [0, 0.1) is 5.82 Å². The summed E-state index contributed by atoms with van der Waals surface area (Å²) in [7, 11) is 0. The second-order valence-electron chi connectivity index (χ2n) is 6.22. The highest BCUT2D eigenvalue weighted by Gasteiger charge is 2.39. The van der Waals surface area contributed by atoms with E-state index < -0.39 is 0 Å². The number of primary amides is 1. The number of halogens is 1. The van der Waals surface area contributed by atoms with Gasteiger partial charge >= 0.3 is 0 Å². The SMILES string of the molecule is C[C@H](N[C@H]1CC1c1ccc(OCc2ccc(F)cc2)cc1)C(N)=O. The van der Waals surface area contributed by atoms with Gasteiger partial charge in [0, 0.05) is 12.0 Å². The first kappa shape index (κ1) is 16.5. The molecule has 3 N–H and O–H groups in total. The highest BCUT2D eigenvalue weighted by atomic mass is 19.1. The Hall–Kier alpha value is -2.40. The van der Waals surface area contributed by atoms with E-state index in [0.29, 0.717) is 18.6 Å². The van der Waals surface area contributed by atoms with Gasteiger partial charge in [-0.25, -0.2) is 4.39 Å². The number of nitrogens with two attached hydrogens (primary N) is 1. The van der Waals surface area contributed by atoms with Crippen molar-refractivity contribution < 1.29 is 13.9 Å². The number of carbonyl (C=O) groups is 1. The summed E-state index contributed by atoms with van der Waals surface area (Å²) in [5.41, 5.74) is 7.41. The predicted octanol–water partition coefficient (Wildman–Crippen LogP) is 2.72. The first-order valence-electron chi connectivity index (χ1n) is 8.05. The third-order valence-electron chi connectivity index (χ3n) is 4.31. The predicted molar refractivity (Wildman–Crippen MR) is 90.1 cm³/mol. The van der Waals surface area contributed by atoms with Crippen molar-refractivity contribution in [1.29, 1.82) is 0 Å². The molecule has 0 heterocycles. The van der Waals surface area contributed by atoms with E-state index in [0.717, 1.165) is 17.7 Å². The van der Waals surface area contributed by atoms with Gasteiger partial charge in [-0.2, -0.15) is 0 Å². The normalized spacial score (nSPS) is 20.4. The minimum Gasteiger partial charge on any atom is -0.489 e. The van der Waals surface area contributed by atoms with Crippen molar-refractivity contribution in [2.45, 2.75) is 38.0 Å². The van der Waals surface area contributed by atoms with E-state index in [2.05, 4.69) is 5.32 Å². The van der Waals surface area contributed by atoms with Gasteiger partial charge in [0.15, 0.2) is 0 Å². The summed E-state index contributed by atoms with van der Waals surface area (Å²) in [6, 6.07) is 14.2. The van der Waals surface area contributed by atoms with Gasteiger partial charge in [-0.05, 0) is 48.7 Å². The van der Waals surface area contributed by atoms with Gasteiger partial charge in [-0.15, -0.1) is 0 Å². The van der Waals surface area contributed by atoms with Gasteiger partial charge in [-0.1, -0.05) is 24.3 Å². The van der Waals surface area contributed by atoms with Gasteiger partial charge in [0.05, 0.1) is 6.04 Å². The molecule has 1 saturated carbocycles. The van der Waals surface area contributed by atoms with Crippen molar-refractivity contribution in [2.24, 2.45) is 5.73 Å². The van der Waals surface area contributed by atoms with Gasteiger partial charge in [0.2, 0.25) is 5.91 Å². The van der Waals surface area contributed by atoms with E-state index in [1.165, 1.54) is 17.7 Å². The van der Waals surface area contributed by atoms with Crippen molar-refractivity contribution in [3.05, 3.63) is 65.5 Å². The highest BCUT2D eigenvalue weighted by Crippen LogP contribution is 2.41. The molecule has 1 aliphatic rings. The summed E-state index contributed by atoms with van der Waals surface area (Å²) in [5, 5.41) is 3.23. The molecule has 0 bridgehead atoms. The number of hydrogen-bond donors (Lipinski definition) is 2. The number of benzene rings is 2. The zero-order valence-electron chi connectivity index (χ0n) is 13.5. The number of nitrogens with one attached hydrogen (secondary N) is 1. The molecule has 4 nitrogen and oxygen atoms in total. The fraction of sp³-hybridized carbons (Fsp3) is 0.316. The van der Waals surface area contributed by atoms with E-state index >= 15 is 0 Å². The van der Waals surface area contributed by atoms with Crippen molar-refractivity contribution in [1.82, 2.24) is 5.32 Å². The molecule has 126 valence electrons. The molecule has 0 radical (unpaired) electrons. The zero-order chi connectivity index (χ0) is 17.1. The topological polar surface area (TPSA) is 64.3 Å². The summed E-state index contributed by atoms with van der Waals surface area (Å²) in [4.78, 5) is 11.1. The van der Waals surface area contributed by atoms with Crippen LogP contribution in [0.4, 0.5) is 4.39 Å². The molecule has 0 saturated heterocycles. The standard InChI is InChI=1S/C19H21FN2O2/c1-12(19(21)23)22-18-10-17(18)14-4-8-16(9-5-14)24-11-13-2-6-15(20)7-3-13/h2-9,12,17-18,22H,10-11H2,1H3,(H2,21,23)/t12-,17?,18-/m0/s1. The van der Waals surface area contributed by atoms with Gasteiger partial charge < -0.3 is 15.8 Å². The second kappa shape index (κ2) is 7.01. The molecular weight excluding hydrogens is 307 g/mol. The average molecular weight is 328 g/mol. The number of hydrogen-bond acceptors (Lipinski definition) is 3. The Labute approximate surface area is 140 Å². The number of ether oxygens (including phenoxy) is 1. The number of rotatable bonds is 7. The van der Waals surface area contributed by atoms with Crippen LogP contribution in [0.15, 0.2) is 48.5 Å². The lowest BCUT2D eigenvalue weighted by atomic mass is 10.1. The largest absolute Gasteiger partial charge is 0.489 e. The lowest BCUT2D eigenvalue weighted by molar-refractivity contribution is -0.119. The lowest BCUT2D eigenvalue weighted by Gasteiger charge is -2.10. The fourth-order valence-electron chi connectivity index (χ4n) is 2.71. The maximum Gasteiger partial charge on any atom is 0.234 e. The maximum atomic E-state index is 12.9. The van der Waals surface area contributed by atoms with E-state index in [1.54, 1.807) is 19.1 Å². The zero-order valence-corrected chi connectivity index (χ0v) is 13.5. The summed E-state index contributed by atoms with van der Waals surface area (Å²) >= 11 is 0. The first-order chi connectivity index (χ1) is 11.5. The Morgan fingerprint density at radius 3 is 2.54 bits per heavy atom. The average Bonchev–Trinajstić information content (AvgIpc) is 3.34. The van der Waals surface area contributed by atoms with E-state index in [4.69, 9.17) is 10.5 Å². The monoisotopic (exact) mass is 328 g/mol. The van der Waals surface area contributed by atoms with Gasteiger partial charge in [0.1, 0.15) is 18.2 Å². The molecule has 3 rings (SSSR count). The lowest BCUT2D eigenvalue weighted by Crippen LogP contribution is -2.40. The van der Waals surface area contributed by atoms with Crippen LogP contribution in [0.2, 0.25) is 0 Å². The molecule has 3 atom stereocenters. The van der Waals surface area contributed by atoms with Crippen LogP contribution in [0.3, 0.4) is 0 Å². The molecule has 1 fully saturated rings. The fourth-order valence-corrected chi connectivity index (χ4v) is 2.71. The van der Waals surface area contributed by atoms with E-state index in [1.807, 2.05) is 24.3 Å².